The molecular weight excluding hydrogens is 392 g/mol. The normalized spacial score (nSPS) is 26.4. The van der Waals surface area contributed by atoms with Crippen LogP contribution in [0.5, 0.6) is 0 Å². The number of rotatable bonds is 4. The summed E-state index contributed by atoms with van der Waals surface area (Å²) in [6.07, 6.45) is 1.22. The number of para-hydroxylation sites is 1. The van der Waals surface area contributed by atoms with Gasteiger partial charge in [-0.25, -0.2) is 8.42 Å². The van der Waals surface area contributed by atoms with Crippen LogP contribution < -0.4 is 10.0 Å². The van der Waals surface area contributed by atoms with Gasteiger partial charge in [0.25, 0.3) is 0 Å². The predicted molar refractivity (Wildman–Crippen MR) is 110 cm³/mol. The quantitative estimate of drug-likeness (QED) is 0.750. The number of anilines is 1. The first kappa shape index (κ1) is 20.6. The fourth-order valence-corrected chi connectivity index (χ4v) is 5.86. The second-order valence-electron chi connectivity index (χ2n) is 8.22. The first-order chi connectivity index (χ1) is 13.9. The fourth-order valence-electron chi connectivity index (χ4n) is 4.48. The van der Waals surface area contributed by atoms with Crippen molar-refractivity contribution in [3.05, 3.63) is 24.3 Å². The number of sulfonamides is 1. The van der Waals surface area contributed by atoms with E-state index in [1.54, 1.807) is 18.2 Å². The molecule has 0 saturated carbocycles. The molecule has 4 rings (SSSR count). The highest BCUT2D eigenvalue weighted by Gasteiger charge is 2.36. The Morgan fingerprint density at radius 1 is 1.17 bits per heavy atom. The second-order valence-corrected chi connectivity index (χ2v) is 9.90. The summed E-state index contributed by atoms with van der Waals surface area (Å²) in [5, 5.41) is 3.33. The van der Waals surface area contributed by atoms with Gasteiger partial charge in [-0.2, -0.15) is 4.72 Å². The van der Waals surface area contributed by atoms with Gasteiger partial charge in [0.2, 0.25) is 15.9 Å². The molecule has 9 heteroatoms. The molecule has 3 aliphatic heterocycles. The smallest absolute Gasteiger partial charge is 0.244 e. The number of morpholine rings is 1. The number of carbonyl (C=O) groups is 1. The molecule has 29 heavy (non-hydrogen) atoms. The lowest BCUT2D eigenvalue weighted by molar-refractivity contribution is -0.137. The van der Waals surface area contributed by atoms with Gasteiger partial charge in [-0.1, -0.05) is 19.1 Å². The van der Waals surface area contributed by atoms with Crippen molar-refractivity contribution >= 4 is 21.6 Å². The average Bonchev–Trinajstić information content (AvgIpc) is 2.73. The van der Waals surface area contributed by atoms with E-state index in [1.807, 2.05) is 17.9 Å². The Balaban J connectivity index is 1.32. The van der Waals surface area contributed by atoms with Crippen LogP contribution in [0.25, 0.3) is 0 Å². The van der Waals surface area contributed by atoms with E-state index in [9.17, 15) is 13.2 Å². The van der Waals surface area contributed by atoms with E-state index in [4.69, 9.17) is 4.74 Å². The molecule has 1 aromatic carbocycles. The number of hydrogen-bond acceptors (Lipinski definition) is 6. The van der Waals surface area contributed by atoms with Crippen molar-refractivity contribution in [2.45, 2.75) is 30.8 Å². The zero-order valence-corrected chi connectivity index (χ0v) is 17.7. The van der Waals surface area contributed by atoms with Crippen LogP contribution in [-0.2, 0) is 19.6 Å². The number of nitrogens with one attached hydrogen (secondary N) is 2. The van der Waals surface area contributed by atoms with Crippen molar-refractivity contribution in [2.24, 2.45) is 11.8 Å². The maximum Gasteiger partial charge on any atom is 0.244 e. The minimum atomic E-state index is -3.51. The SMILES string of the molecule is C[C@@H](CN1CCOCC1)C(=O)N1CCC([C@@H]2Nc3ccccc3S(=O)(=O)N2)CC1. The van der Waals surface area contributed by atoms with E-state index in [-0.39, 0.29) is 23.9 Å². The van der Waals surface area contributed by atoms with Crippen LogP contribution in [0.4, 0.5) is 5.69 Å². The molecule has 0 aromatic heterocycles. The maximum atomic E-state index is 12.9. The molecule has 160 valence electrons. The van der Waals surface area contributed by atoms with E-state index in [0.717, 1.165) is 45.7 Å². The summed E-state index contributed by atoms with van der Waals surface area (Å²) >= 11 is 0. The Morgan fingerprint density at radius 2 is 1.86 bits per heavy atom. The molecule has 8 nitrogen and oxygen atoms in total. The van der Waals surface area contributed by atoms with E-state index in [0.29, 0.717) is 23.7 Å². The van der Waals surface area contributed by atoms with Crippen LogP contribution in [0.15, 0.2) is 29.2 Å². The van der Waals surface area contributed by atoms with Crippen molar-refractivity contribution in [1.82, 2.24) is 14.5 Å². The van der Waals surface area contributed by atoms with Gasteiger partial charge in [0.15, 0.2) is 0 Å². The fraction of sp³-hybridized carbons (Fsp3) is 0.650. The molecule has 2 saturated heterocycles. The molecule has 0 bridgehead atoms. The molecule has 2 N–H and O–H groups in total. The first-order valence-electron chi connectivity index (χ1n) is 10.4. The van der Waals surface area contributed by atoms with Gasteiger partial charge >= 0.3 is 0 Å². The van der Waals surface area contributed by atoms with E-state index < -0.39 is 10.0 Å². The molecule has 0 spiro atoms. The van der Waals surface area contributed by atoms with Crippen LogP contribution in [0.2, 0.25) is 0 Å². The van der Waals surface area contributed by atoms with Crippen molar-refractivity contribution in [3.63, 3.8) is 0 Å². The summed E-state index contributed by atoms with van der Waals surface area (Å²) in [5.74, 6) is 0.303. The lowest BCUT2D eigenvalue weighted by Gasteiger charge is -2.40. The van der Waals surface area contributed by atoms with Gasteiger partial charge in [0.05, 0.1) is 25.1 Å². The number of amides is 1. The first-order valence-corrected chi connectivity index (χ1v) is 11.9. The maximum absolute atomic E-state index is 12.9. The van der Waals surface area contributed by atoms with E-state index >= 15 is 0 Å². The van der Waals surface area contributed by atoms with Gasteiger partial charge < -0.3 is 15.0 Å². The number of hydrogen-bond donors (Lipinski definition) is 2. The van der Waals surface area contributed by atoms with Gasteiger partial charge in [-0.05, 0) is 30.9 Å². The minimum Gasteiger partial charge on any atom is -0.379 e. The van der Waals surface area contributed by atoms with Gasteiger partial charge in [-0.3, -0.25) is 9.69 Å². The van der Waals surface area contributed by atoms with Gasteiger partial charge in [0.1, 0.15) is 4.90 Å². The third kappa shape index (κ3) is 4.58. The van der Waals surface area contributed by atoms with Crippen molar-refractivity contribution in [1.29, 1.82) is 0 Å². The summed E-state index contributed by atoms with van der Waals surface area (Å²) < 4.78 is 33.2. The monoisotopic (exact) mass is 422 g/mol. The number of benzene rings is 1. The predicted octanol–water partition coefficient (Wildman–Crippen LogP) is 0.923. The highest BCUT2D eigenvalue weighted by atomic mass is 32.2. The lowest BCUT2D eigenvalue weighted by atomic mass is 9.93. The lowest BCUT2D eigenvalue weighted by Crippen LogP contribution is -2.53. The Bertz CT molecular complexity index is 833. The molecule has 1 amide bonds. The van der Waals surface area contributed by atoms with Crippen molar-refractivity contribution in [2.75, 3.05) is 51.3 Å². The summed E-state index contributed by atoms with van der Waals surface area (Å²) in [7, 11) is -3.51. The minimum absolute atomic E-state index is 0.0390. The standard InChI is InChI=1S/C20H30N4O4S/c1-15(14-23-10-12-28-13-11-23)20(25)24-8-6-16(7-9-24)19-21-17-4-2-3-5-18(17)29(26,27)22-19/h2-5,15-16,19,21-22H,6-14H2,1H3/t15-,19+/m0/s1. The third-order valence-electron chi connectivity index (χ3n) is 6.15. The zero-order chi connectivity index (χ0) is 20.4. The number of carbonyl (C=O) groups excluding carboxylic acids is 1. The number of likely N-dealkylation sites (tertiary alicyclic amines) is 1. The third-order valence-corrected chi connectivity index (χ3v) is 7.65. The second kappa shape index (κ2) is 8.59. The Hall–Kier alpha value is -1.68. The van der Waals surface area contributed by atoms with Crippen molar-refractivity contribution < 1.29 is 17.9 Å². The van der Waals surface area contributed by atoms with E-state index in [1.165, 1.54) is 0 Å². The molecule has 2 fully saturated rings. The average molecular weight is 423 g/mol. The largest absolute Gasteiger partial charge is 0.379 e. The molecule has 0 radical (unpaired) electrons. The zero-order valence-electron chi connectivity index (χ0n) is 16.8. The molecule has 2 atom stereocenters. The van der Waals surface area contributed by atoms with Crippen molar-refractivity contribution in [3.8, 4) is 0 Å². The van der Waals surface area contributed by atoms with Gasteiger partial charge in [0, 0.05) is 38.6 Å². The van der Waals surface area contributed by atoms with Gasteiger partial charge in [-0.15, -0.1) is 0 Å². The molecule has 0 aliphatic carbocycles. The number of ether oxygens (including phenoxy) is 1. The van der Waals surface area contributed by atoms with Crippen LogP contribution in [0, 0.1) is 11.8 Å². The summed E-state index contributed by atoms with van der Waals surface area (Å²) in [4.78, 5) is 17.4. The Morgan fingerprint density at radius 3 is 2.59 bits per heavy atom. The number of nitrogens with zero attached hydrogens (tertiary/aromatic N) is 2. The van der Waals surface area contributed by atoms with Crippen LogP contribution >= 0.6 is 0 Å². The topological polar surface area (TPSA) is 91.0 Å². The molecule has 0 unspecified atom stereocenters. The number of fused-ring (bicyclic) bond motifs is 1. The Kier molecular flexibility index (Phi) is 6.10. The van der Waals surface area contributed by atoms with Crippen LogP contribution in [-0.4, -0.2) is 76.2 Å². The highest BCUT2D eigenvalue weighted by Crippen LogP contribution is 2.31. The molecule has 3 aliphatic rings. The molecule has 3 heterocycles. The molecule has 1 aromatic rings. The number of piperidine rings is 1. The summed E-state index contributed by atoms with van der Waals surface area (Å²) in [5.41, 5.74) is 0.647. The molecular formula is C20H30N4O4S. The van der Waals surface area contributed by atoms with Crippen LogP contribution in [0.1, 0.15) is 19.8 Å². The van der Waals surface area contributed by atoms with E-state index in [2.05, 4.69) is 14.9 Å². The highest BCUT2D eigenvalue weighted by molar-refractivity contribution is 7.89. The Labute approximate surface area is 172 Å². The van der Waals surface area contributed by atoms with Crippen LogP contribution in [0.3, 0.4) is 0 Å². The summed E-state index contributed by atoms with van der Waals surface area (Å²) in [6.45, 7) is 7.33. The summed E-state index contributed by atoms with van der Waals surface area (Å²) in [6, 6.07) is 6.97.